The van der Waals surface area contributed by atoms with Crippen molar-refractivity contribution in [2.24, 2.45) is 0 Å². The van der Waals surface area contributed by atoms with E-state index in [-0.39, 0.29) is 13.4 Å². The van der Waals surface area contributed by atoms with Crippen molar-refractivity contribution in [3.63, 3.8) is 0 Å². The van der Waals surface area contributed by atoms with Crippen LogP contribution in [0.3, 0.4) is 0 Å². The first-order valence-corrected chi connectivity index (χ1v) is 51.9. The lowest BCUT2D eigenvalue weighted by Crippen LogP contribution is -2.61. The second kappa shape index (κ2) is 38.0. The Morgan fingerprint density at radius 2 is 0.257 bits per heavy atom. The van der Waals surface area contributed by atoms with Gasteiger partial charge >= 0.3 is 0 Å². The topological polar surface area (TPSA) is 13.0 Å². The number of aryl methyl sites for hydroxylation is 6. The summed E-state index contributed by atoms with van der Waals surface area (Å²) < 4.78 is 0. The van der Waals surface area contributed by atoms with E-state index >= 15 is 0 Å². The first kappa shape index (κ1) is 91.4. The van der Waals surface area contributed by atoms with Crippen LogP contribution in [-0.2, 0) is 21.7 Å². The minimum absolute atomic E-state index is 0.0293. The number of fused-ring (bicyclic) bond motifs is 8. The molecule has 4 heterocycles. The molecule has 22 aromatic rings. The van der Waals surface area contributed by atoms with Gasteiger partial charge in [-0.2, -0.15) is 0 Å². The van der Waals surface area contributed by atoms with E-state index in [0.29, 0.717) is 0 Å². The molecule has 4 aliphatic rings. The molecule has 0 N–H and O–H groups in total. The average molecular weight is 1890 g/mol. The van der Waals surface area contributed by atoms with Crippen LogP contribution in [0.5, 0.6) is 0 Å². The maximum atomic E-state index is 2.54. The van der Waals surface area contributed by atoms with Crippen LogP contribution in [0.1, 0.15) is 122 Å². The van der Waals surface area contributed by atoms with E-state index in [9.17, 15) is 0 Å². The zero-order chi connectivity index (χ0) is 99.6. The van der Waals surface area contributed by atoms with Gasteiger partial charge in [-0.15, -0.1) is 0 Å². The van der Waals surface area contributed by atoms with Crippen LogP contribution in [-0.4, -0.2) is 13.4 Å². The third-order valence-corrected chi connectivity index (χ3v) is 31.8. The predicted octanol–water partition coefficient (Wildman–Crippen LogP) is 30.9. The van der Waals surface area contributed by atoms with E-state index in [2.05, 4.69) is 619 Å². The minimum atomic E-state index is -0.548. The molecule has 0 aromatic heterocycles. The molecule has 0 bridgehead atoms. The second-order valence-corrected chi connectivity index (χ2v) is 40.5. The molecular weight excluding hydrogens is 1780 g/mol. The van der Waals surface area contributed by atoms with Crippen molar-refractivity contribution < 1.29 is 0 Å². The average Bonchev–Trinajstić information content (AvgIpc) is 0.694. The van der Waals surface area contributed by atoms with Gasteiger partial charge in [0.25, 0.3) is 13.4 Å². The molecule has 0 amide bonds. The largest absolute Gasteiger partial charge is 0.311 e. The number of nitrogens with zero attached hydrogens (tertiary/aromatic N) is 4. The fraction of sp³-hybridized carbons (Fsp3) is 0.0704. The molecule has 0 atom stereocenters. The Morgan fingerprint density at radius 3 is 0.399 bits per heavy atom. The third-order valence-electron chi connectivity index (χ3n) is 31.8. The first-order valence-electron chi connectivity index (χ1n) is 51.9. The molecule has 0 radical (unpaired) electrons. The maximum Gasteiger partial charge on any atom is 0.252 e. The lowest BCUT2D eigenvalue weighted by molar-refractivity contribution is 0.745. The van der Waals surface area contributed by atoms with Gasteiger partial charge in [0.2, 0.25) is 0 Å². The summed E-state index contributed by atoms with van der Waals surface area (Å²) in [6.45, 7) is 13.5. The van der Waals surface area contributed by atoms with E-state index < -0.39 is 21.7 Å². The molecular formula is C142H110B2N4. The monoisotopic (exact) mass is 1890 g/mol. The van der Waals surface area contributed by atoms with Gasteiger partial charge in [-0.1, -0.05) is 461 Å². The quantitative estimate of drug-likeness (QED) is 0.0557. The molecule has 0 saturated heterocycles. The SMILES string of the molecule is Cc1ccc2c(c1)N(c1ccc(C(c3ccccc3)(c3ccccc3)c3ccccc3)cc1)c1cc(C)cc3c1B2c1ccc(C)cc1N3c1ccc(C(c2ccccc2)(c2ccccc2)c2ccccc2)cc1.Cc1ccc2c(c1)N(c1ccc(C(c3ccccc3)(c3ccccc3)c3ccccc3)cc1)c1cc(C)cc3c1B2c1ccc(C)cc1N3c1ccc(C(c2ccccc2)(c2ccccc2)c2ccccc2)cc1. The Bertz CT molecular complexity index is 7200. The van der Waals surface area contributed by atoms with Gasteiger partial charge in [0.15, 0.2) is 0 Å². The van der Waals surface area contributed by atoms with Crippen molar-refractivity contribution in [1.29, 1.82) is 0 Å². The molecule has 0 aliphatic carbocycles. The molecule has 0 saturated carbocycles. The molecule has 0 fully saturated rings. The summed E-state index contributed by atoms with van der Waals surface area (Å²) in [4.78, 5) is 10.2. The summed E-state index contributed by atoms with van der Waals surface area (Å²) in [6, 6.07) is 208. The van der Waals surface area contributed by atoms with Gasteiger partial charge in [0.1, 0.15) is 0 Å². The fourth-order valence-electron chi connectivity index (χ4n) is 25.5. The normalized spacial score (nSPS) is 12.7. The number of hydrogen-bond acceptors (Lipinski definition) is 4. The van der Waals surface area contributed by atoms with Crippen LogP contribution in [0.25, 0.3) is 0 Å². The molecule has 0 unspecified atom stereocenters. The summed E-state index contributed by atoms with van der Waals surface area (Å²) in [7, 11) is 0. The molecule has 26 rings (SSSR count). The van der Waals surface area contributed by atoms with Crippen molar-refractivity contribution in [1.82, 2.24) is 0 Å². The summed E-state index contributed by atoms with van der Waals surface area (Å²) in [5.74, 6) is 0. The summed E-state index contributed by atoms with van der Waals surface area (Å²) >= 11 is 0. The molecule has 704 valence electrons. The van der Waals surface area contributed by atoms with Crippen LogP contribution in [0.15, 0.2) is 558 Å². The standard InChI is InChI=1S/2C71H55BN2/c2*1-50-34-44-63-65(46-50)73(61-40-36-59(37-41-61)70(53-22-10-4-11-23-53,54-24-12-5-13-25-54)55-26-14-6-15-27-55)67-48-52(3)49-68-69(67)72(63)64-45-35-51(2)47-66(64)74(68)62-42-38-60(39-43-62)71(56-28-16-7-17-29-56,57-30-18-8-19-31-57)58-32-20-9-21-33-58/h2*4-49H,1-3H3. The first-order chi connectivity index (χ1) is 72.9. The Balaban J connectivity index is 0.000000154. The van der Waals surface area contributed by atoms with Crippen LogP contribution in [0.4, 0.5) is 68.2 Å². The van der Waals surface area contributed by atoms with Gasteiger partial charge in [-0.3, -0.25) is 0 Å². The van der Waals surface area contributed by atoms with Crippen molar-refractivity contribution in [3.05, 3.63) is 681 Å². The van der Waals surface area contributed by atoms with Crippen LogP contribution in [0, 0.1) is 41.5 Å². The van der Waals surface area contributed by atoms with Crippen molar-refractivity contribution in [2.45, 2.75) is 63.2 Å². The molecule has 22 aromatic carbocycles. The zero-order valence-electron chi connectivity index (χ0n) is 84.1. The van der Waals surface area contributed by atoms with Gasteiger partial charge in [0.05, 0.1) is 21.7 Å². The van der Waals surface area contributed by atoms with Crippen LogP contribution >= 0.6 is 0 Å². The maximum absolute atomic E-state index is 2.54. The van der Waals surface area contributed by atoms with Crippen molar-refractivity contribution in [3.8, 4) is 0 Å². The Labute approximate surface area is 871 Å². The van der Waals surface area contributed by atoms with Gasteiger partial charge in [0, 0.05) is 68.2 Å². The summed E-state index contributed by atoms with van der Waals surface area (Å²) in [5.41, 5.74) is 46.8. The molecule has 4 aliphatic heterocycles. The van der Waals surface area contributed by atoms with Crippen LogP contribution < -0.4 is 52.4 Å². The Morgan fingerprint density at radius 1 is 0.128 bits per heavy atom. The van der Waals surface area contributed by atoms with Gasteiger partial charge < -0.3 is 19.6 Å². The van der Waals surface area contributed by atoms with Gasteiger partial charge in [-0.25, -0.2) is 0 Å². The van der Waals surface area contributed by atoms with Crippen molar-refractivity contribution in [2.75, 3.05) is 19.6 Å². The highest BCUT2D eigenvalue weighted by Gasteiger charge is 2.49. The highest BCUT2D eigenvalue weighted by Crippen LogP contribution is 2.55. The van der Waals surface area contributed by atoms with E-state index in [1.807, 2.05) is 0 Å². The van der Waals surface area contributed by atoms with Crippen LogP contribution in [0.2, 0.25) is 0 Å². The van der Waals surface area contributed by atoms with E-state index in [0.717, 1.165) is 22.7 Å². The molecule has 148 heavy (non-hydrogen) atoms. The molecule has 0 spiro atoms. The third kappa shape index (κ3) is 15.1. The number of rotatable bonds is 20. The minimum Gasteiger partial charge on any atom is -0.311 e. The smallest absolute Gasteiger partial charge is 0.252 e. The number of anilines is 12. The zero-order valence-corrected chi connectivity index (χ0v) is 84.1. The van der Waals surface area contributed by atoms with E-state index in [1.165, 1.54) is 201 Å². The van der Waals surface area contributed by atoms with E-state index in [1.54, 1.807) is 0 Å². The van der Waals surface area contributed by atoms with Crippen molar-refractivity contribution >= 4 is 114 Å². The highest BCUT2D eigenvalue weighted by atomic mass is 15.2. The Hall–Kier alpha value is -17.8. The lowest BCUT2D eigenvalue weighted by Gasteiger charge is -2.45. The lowest BCUT2D eigenvalue weighted by atomic mass is 9.33. The molecule has 4 nitrogen and oxygen atoms in total. The summed E-state index contributed by atoms with van der Waals surface area (Å²) in [6.07, 6.45) is 0. The van der Waals surface area contributed by atoms with Gasteiger partial charge in [-0.05, 0) is 294 Å². The predicted molar refractivity (Wildman–Crippen MR) is 623 cm³/mol. The van der Waals surface area contributed by atoms with E-state index in [4.69, 9.17) is 0 Å². The highest BCUT2D eigenvalue weighted by molar-refractivity contribution is 7.01. The fourth-order valence-corrected chi connectivity index (χ4v) is 25.5. The Kier molecular flexibility index (Phi) is 23.5. The number of benzene rings is 22. The number of hydrogen-bond donors (Lipinski definition) is 0. The second-order valence-electron chi connectivity index (χ2n) is 40.5. The molecule has 6 heteroatoms. The summed E-state index contributed by atoms with van der Waals surface area (Å²) in [5, 5.41) is 0.